The van der Waals surface area contributed by atoms with Gasteiger partial charge in [0.2, 0.25) is 0 Å². The van der Waals surface area contributed by atoms with Gasteiger partial charge in [-0.2, -0.15) is 5.01 Å². The molecule has 1 aromatic heterocycles. The summed E-state index contributed by atoms with van der Waals surface area (Å²) in [6, 6.07) is 15.2. The summed E-state index contributed by atoms with van der Waals surface area (Å²) < 4.78 is 2.88. The van der Waals surface area contributed by atoms with Gasteiger partial charge in [-0.3, -0.25) is 24.1 Å². The van der Waals surface area contributed by atoms with Crippen molar-refractivity contribution in [3.8, 4) is 0 Å². The number of imide groups is 1. The smallest absolute Gasteiger partial charge is 0.318 e. The molecule has 0 saturated carbocycles. The zero-order valence-electron chi connectivity index (χ0n) is 16.6. The molecule has 1 unspecified atom stereocenters. The number of amides is 4. The maximum absolute atomic E-state index is 12.9. The van der Waals surface area contributed by atoms with E-state index in [1.807, 2.05) is 13.0 Å². The van der Waals surface area contributed by atoms with Crippen molar-refractivity contribution in [1.82, 2.24) is 24.9 Å². The van der Waals surface area contributed by atoms with E-state index in [4.69, 9.17) is 0 Å². The maximum atomic E-state index is 12.9. The van der Waals surface area contributed by atoms with Crippen molar-refractivity contribution < 1.29 is 14.4 Å². The molecule has 0 aliphatic carbocycles. The predicted octanol–water partition coefficient (Wildman–Crippen LogP) is 1.32. The number of imidazole rings is 1. The molecule has 1 aliphatic rings. The lowest BCUT2D eigenvalue weighted by Crippen LogP contribution is -2.49. The van der Waals surface area contributed by atoms with E-state index in [2.05, 4.69) is 10.7 Å². The zero-order chi connectivity index (χ0) is 21.5. The normalized spacial score (nSPS) is 18.7. The number of fused-ring (bicyclic) bond motifs is 1. The lowest BCUT2D eigenvalue weighted by Gasteiger charge is -2.22. The molecule has 2 aromatic carbocycles. The Bertz CT molecular complexity index is 1210. The molecule has 4 amide bonds. The highest BCUT2D eigenvalue weighted by molar-refractivity contribution is 6.08. The van der Waals surface area contributed by atoms with Gasteiger partial charge >= 0.3 is 11.7 Å². The first-order chi connectivity index (χ1) is 14.4. The highest BCUT2D eigenvalue weighted by Crippen LogP contribution is 2.27. The Morgan fingerprint density at radius 2 is 1.57 bits per heavy atom. The van der Waals surface area contributed by atoms with Crippen LogP contribution in [0, 0.1) is 0 Å². The van der Waals surface area contributed by atoms with Gasteiger partial charge in [0.25, 0.3) is 11.8 Å². The number of hydrogen-bond acceptors (Lipinski definition) is 4. The number of nitrogens with zero attached hydrogens (tertiary/aromatic N) is 3. The summed E-state index contributed by atoms with van der Waals surface area (Å²) in [6.45, 7) is 3.55. The van der Waals surface area contributed by atoms with E-state index in [-0.39, 0.29) is 12.2 Å². The number of carbonyl (C=O) groups is 3. The molecule has 4 rings (SSSR count). The Hall–Kier alpha value is -3.88. The lowest BCUT2D eigenvalue weighted by atomic mass is 9.92. The highest BCUT2D eigenvalue weighted by atomic mass is 16.2. The lowest BCUT2D eigenvalue weighted by molar-refractivity contribution is -0.139. The highest BCUT2D eigenvalue weighted by Gasteiger charge is 2.50. The fourth-order valence-corrected chi connectivity index (χ4v) is 3.74. The summed E-state index contributed by atoms with van der Waals surface area (Å²) >= 11 is 0. The van der Waals surface area contributed by atoms with Gasteiger partial charge in [0.05, 0.1) is 11.0 Å². The van der Waals surface area contributed by atoms with Crippen LogP contribution in [-0.4, -0.2) is 32.0 Å². The average Bonchev–Trinajstić information content (AvgIpc) is 3.14. The molecule has 1 atom stereocenters. The zero-order valence-corrected chi connectivity index (χ0v) is 16.6. The SMILES string of the molecule is CCn1c(=O)n(CC(=O)NN2C(=O)NC(C)(c3ccccc3)C2=O)c2ccccc21. The number of hydrogen-bond donors (Lipinski definition) is 2. The molecule has 9 heteroatoms. The molecule has 2 N–H and O–H groups in total. The number of aryl methyl sites for hydroxylation is 1. The van der Waals surface area contributed by atoms with Crippen molar-refractivity contribution in [1.29, 1.82) is 0 Å². The van der Waals surface area contributed by atoms with Crippen LogP contribution in [0.25, 0.3) is 11.0 Å². The summed E-state index contributed by atoms with van der Waals surface area (Å²) in [4.78, 5) is 50.7. The minimum absolute atomic E-state index is 0.328. The van der Waals surface area contributed by atoms with Crippen LogP contribution in [0.2, 0.25) is 0 Å². The van der Waals surface area contributed by atoms with Gasteiger partial charge in [-0.1, -0.05) is 42.5 Å². The van der Waals surface area contributed by atoms with Crippen LogP contribution in [0.15, 0.2) is 59.4 Å². The first kappa shape index (κ1) is 19.4. The molecule has 3 aromatic rings. The maximum Gasteiger partial charge on any atom is 0.344 e. The first-order valence-electron chi connectivity index (χ1n) is 9.56. The predicted molar refractivity (Wildman–Crippen MR) is 109 cm³/mol. The molecule has 154 valence electrons. The monoisotopic (exact) mass is 407 g/mol. The van der Waals surface area contributed by atoms with E-state index < -0.39 is 23.4 Å². The largest absolute Gasteiger partial charge is 0.344 e. The third kappa shape index (κ3) is 2.95. The summed E-state index contributed by atoms with van der Waals surface area (Å²) in [5.74, 6) is -1.26. The second kappa shape index (κ2) is 7.18. The van der Waals surface area contributed by atoms with E-state index >= 15 is 0 Å². The molecule has 1 fully saturated rings. The van der Waals surface area contributed by atoms with Crippen molar-refractivity contribution >= 4 is 28.9 Å². The topological polar surface area (TPSA) is 105 Å². The van der Waals surface area contributed by atoms with E-state index in [9.17, 15) is 19.2 Å². The molecule has 30 heavy (non-hydrogen) atoms. The van der Waals surface area contributed by atoms with Crippen molar-refractivity contribution in [2.24, 2.45) is 0 Å². The Kier molecular flexibility index (Phi) is 4.65. The van der Waals surface area contributed by atoms with E-state index in [0.717, 1.165) is 0 Å². The molecule has 1 saturated heterocycles. The average molecular weight is 407 g/mol. The van der Waals surface area contributed by atoms with Gasteiger partial charge in [-0.15, -0.1) is 0 Å². The van der Waals surface area contributed by atoms with Crippen molar-refractivity contribution in [3.63, 3.8) is 0 Å². The Labute approximate surface area is 171 Å². The minimum Gasteiger partial charge on any atom is -0.318 e. The number of hydrazine groups is 1. The molecule has 2 heterocycles. The van der Waals surface area contributed by atoms with E-state index in [1.165, 1.54) is 4.57 Å². The summed E-state index contributed by atoms with van der Waals surface area (Å²) in [7, 11) is 0. The van der Waals surface area contributed by atoms with Crippen LogP contribution < -0.4 is 16.4 Å². The number of carbonyl (C=O) groups excluding carboxylic acids is 3. The van der Waals surface area contributed by atoms with Gasteiger partial charge in [0.1, 0.15) is 12.1 Å². The standard InChI is InChI=1S/C21H21N5O4/c1-3-24-15-11-7-8-12-16(15)25(20(24)30)13-17(27)23-26-18(28)21(2,22-19(26)29)14-9-5-4-6-10-14/h4-12H,3,13H2,1-2H3,(H,22,29)(H,23,27). The van der Waals surface area contributed by atoms with Crippen molar-refractivity contribution in [3.05, 3.63) is 70.6 Å². The Morgan fingerprint density at radius 1 is 0.967 bits per heavy atom. The Balaban J connectivity index is 1.58. The summed E-state index contributed by atoms with van der Waals surface area (Å²) in [6.07, 6.45) is 0. The molecular formula is C21H21N5O4. The third-order valence-corrected chi connectivity index (χ3v) is 5.32. The molecule has 0 spiro atoms. The van der Waals surface area contributed by atoms with E-state index in [1.54, 1.807) is 60.0 Å². The van der Waals surface area contributed by atoms with Gasteiger partial charge in [-0.25, -0.2) is 9.59 Å². The van der Waals surface area contributed by atoms with Crippen LogP contribution in [0.4, 0.5) is 4.79 Å². The first-order valence-corrected chi connectivity index (χ1v) is 9.56. The van der Waals surface area contributed by atoms with E-state index in [0.29, 0.717) is 28.2 Å². The number of nitrogens with one attached hydrogen (secondary N) is 2. The molecule has 1 aliphatic heterocycles. The molecule has 0 bridgehead atoms. The van der Waals surface area contributed by atoms with Gasteiger partial charge in [0, 0.05) is 6.54 Å². The van der Waals surface area contributed by atoms with Crippen LogP contribution >= 0.6 is 0 Å². The van der Waals surface area contributed by atoms with Crippen LogP contribution in [-0.2, 0) is 28.2 Å². The van der Waals surface area contributed by atoms with Crippen molar-refractivity contribution in [2.75, 3.05) is 0 Å². The minimum atomic E-state index is -1.29. The van der Waals surface area contributed by atoms with Crippen molar-refractivity contribution in [2.45, 2.75) is 32.5 Å². The van der Waals surface area contributed by atoms with Crippen LogP contribution in [0.3, 0.4) is 0 Å². The van der Waals surface area contributed by atoms with Gasteiger partial charge in [0.15, 0.2) is 0 Å². The van der Waals surface area contributed by atoms with Crippen LogP contribution in [0.5, 0.6) is 0 Å². The summed E-state index contributed by atoms with van der Waals surface area (Å²) in [5.41, 5.74) is 2.63. The van der Waals surface area contributed by atoms with Gasteiger partial charge < -0.3 is 5.32 Å². The molecule has 0 radical (unpaired) electrons. The van der Waals surface area contributed by atoms with Gasteiger partial charge in [-0.05, 0) is 31.5 Å². The molecule has 9 nitrogen and oxygen atoms in total. The number of urea groups is 1. The van der Waals surface area contributed by atoms with Crippen LogP contribution in [0.1, 0.15) is 19.4 Å². The number of benzene rings is 2. The number of para-hydroxylation sites is 2. The number of rotatable bonds is 5. The summed E-state index contributed by atoms with van der Waals surface area (Å²) in [5, 5.41) is 3.29. The number of aromatic nitrogens is 2. The fraction of sp³-hybridized carbons (Fsp3) is 0.238. The quantitative estimate of drug-likeness (QED) is 0.622. The fourth-order valence-electron chi connectivity index (χ4n) is 3.74. The third-order valence-electron chi connectivity index (χ3n) is 5.32. The second-order valence-electron chi connectivity index (χ2n) is 7.20. The molecular weight excluding hydrogens is 386 g/mol. The Morgan fingerprint density at radius 3 is 2.20 bits per heavy atom. The second-order valence-corrected chi connectivity index (χ2v) is 7.20.